The molecule has 12 heavy (non-hydrogen) atoms. The largest absolute Gasteiger partial charge is 0.342 e. The van der Waals surface area contributed by atoms with E-state index in [1.807, 2.05) is 4.90 Å². The Labute approximate surface area is 79.7 Å². The van der Waals surface area contributed by atoms with Gasteiger partial charge in [0.2, 0.25) is 5.91 Å². The average Bonchev–Trinajstić information content (AvgIpc) is 2.31. The number of rotatable bonds is 4. The molecule has 1 aliphatic heterocycles. The zero-order valence-corrected chi connectivity index (χ0v) is 8.52. The Morgan fingerprint density at radius 2 is 2.33 bits per heavy atom. The average molecular weight is 187 g/mol. The minimum atomic E-state index is 0.277. The van der Waals surface area contributed by atoms with Crippen molar-refractivity contribution in [1.82, 2.24) is 4.90 Å². The molecule has 1 heterocycles. The number of carbonyl (C=O) groups is 1. The third kappa shape index (κ3) is 2.70. The van der Waals surface area contributed by atoms with Gasteiger partial charge in [-0.1, -0.05) is 19.8 Å². The van der Waals surface area contributed by atoms with Gasteiger partial charge in [0.1, 0.15) is 0 Å². The Kier molecular flexibility index (Phi) is 3.92. The highest BCUT2D eigenvalue weighted by molar-refractivity contribution is 7.81. The van der Waals surface area contributed by atoms with E-state index < -0.39 is 0 Å². The van der Waals surface area contributed by atoms with Crippen LogP contribution in [0.1, 0.15) is 32.6 Å². The summed E-state index contributed by atoms with van der Waals surface area (Å²) in [4.78, 5) is 13.2. The first kappa shape index (κ1) is 9.90. The molecule has 2 nitrogen and oxygen atoms in total. The van der Waals surface area contributed by atoms with Crippen LogP contribution in [0.15, 0.2) is 0 Å². The van der Waals surface area contributed by atoms with Crippen molar-refractivity contribution in [1.29, 1.82) is 0 Å². The number of likely N-dealkylation sites (tertiary alicyclic amines) is 1. The number of carbonyl (C=O) groups excluding carboxylic acids is 1. The maximum atomic E-state index is 11.3. The topological polar surface area (TPSA) is 20.3 Å². The van der Waals surface area contributed by atoms with Crippen molar-refractivity contribution >= 4 is 18.5 Å². The molecule has 0 aromatic heterocycles. The second-order valence-electron chi connectivity index (χ2n) is 3.40. The van der Waals surface area contributed by atoms with Crippen molar-refractivity contribution in [2.24, 2.45) is 0 Å². The fraction of sp³-hybridized carbons (Fsp3) is 0.889. The van der Waals surface area contributed by atoms with Crippen molar-refractivity contribution in [3.63, 3.8) is 0 Å². The summed E-state index contributed by atoms with van der Waals surface area (Å²) in [5, 5.41) is 0.277. The van der Waals surface area contributed by atoms with Crippen LogP contribution in [0.3, 0.4) is 0 Å². The molecule has 1 rings (SSSR count). The van der Waals surface area contributed by atoms with Gasteiger partial charge in [0.05, 0.1) is 0 Å². The zero-order chi connectivity index (χ0) is 8.97. The van der Waals surface area contributed by atoms with Crippen molar-refractivity contribution in [3.8, 4) is 0 Å². The summed E-state index contributed by atoms with van der Waals surface area (Å²) in [6.07, 6.45) is 4.21. The Morgan fingerprint density at radius 3 is 2.83 bits per heavy atom. The molecular formula is C9H17NOS. The molecule has 0 aromatic carbocycles. The van der Waals surface area contributed by atoms with E-state index in [1.165, 1.54) is 12.8 Å². The summed E-state index contributed by atoms with van der Waals surface area (Å²) >= 11 is 4.29. The number of hydrogen-bond acceptors (Lipinski definition) is 2. The van der Waals surface area contributed by atoms with Crippen LogP contribution < -0.4 is 0 Å². The van der Waals surface area contributed by atoms with Crippen molar-refractivity contribution in [3.05, 3.63) is 0 Å². The SMILES string of the molecule is CCCCCN1CC(S)CC1=O. The van der Waals surface area contributed by atoms with Crippen LogP contribution in [0.4, 0.5) is 0 Å². The summed E-state index contributed by atoms with van der Waals surface area (Å²) in [6, 6.07) is 0. The van der Waals surface area contributed by atoms with E-state index in [2.05, 4.69) is 19.6 Å². The number of hydrogen-bond donors (Lipinski definition) is 1. The van der Waals surface area contributed by atoms with Crippen LogP contribution >= 0.6 is 12.6 Å². The van der Waals surface area contributed by atoms with Crippen LogP contribution in [0.2, 0.25) is 0 Å². The standard InChI is InChI=1S/C9H17NOS/c1-2-3-4-5-10-7-8(12)6-9(10)11/h8,12H,2-7H2,1H3. The Bertz CT molecular complexity index is 161. The molecule has 0 spiro atoms. The predicted octanol–water partition coefficient (Wildman–Crippen LogP) is 1.71. The number of thiol groups is 1. The molecule has 3 heteroatoms. The van der Waals surface area contributed by atoms with Crippen molar-refractivity contribution in [2.75, 3.05) is 13.1 Å². The molecule has 0 bridgehead atoms. The van der Waals surface area contributed by atoms with Crippen LogP contribution in [0.5, 0.6) is 0 Å². The van der Waals surface area contributed by atoms with Gasteiger partial charge in [0.25, 0.3) is 0 Å². The van der Waals surface area contributed by atoms with Gasteiger partial charge in [-0.15, -0.1) is 0 Å². The highest BCUT2D eigenvalue weighted by Crippen LogP contribution is 2.16. The van der Waals surface area contributed by atoms with Gasteiger partial charge in [-0.2, -0.15) is 12.6 Å². The third-order valence-electron chi connectivity index (χ3n) is 2.23. The molecule has 1 fully saturated rings. The molecular weight excluding hydrogens is 170 g/mol. The van der Waals surface area contributed by atoms with Gasteiger partial charge in [-0.3, -0.25) is 4.79 Å². The van der Waals surface area contributed by atoms with E-state index in [0.717, 1.165) is 19.5 Å². The summed E-state index contributed by atoms with van der Waals surface area (Å²) in [5.74, 6) is 0.283. The van der Waals surface area contributed by atoms with Crippen LogP contribution in [0, 0.1) is 0 Å². The summed E-state index contributed by atoms with van der Waals surface area (Å²) < 4.78 is 0. The summed E-state index contributed by atoms with van der Waals surface area (Å²) in [6.45, 7) is 3.96. The summed E-state index contributed by atoms with van der Waals surface area (Å²) in [7, 11) is 0. The number of amides is 1. The van der Waals surface area contributed by atoms with Gasteiger partial charge in [0, 0.05) is 24.8 Å². The van der Waals surface area contributed by atoms with E-state index in [9.17, 15) is 4.79 Å². The molecule has 1 amide bonds. The molecule has 1 saturated heterocycles. The Morgan fingerprint density at radius 1 is 1.58 bits per heavy atom. The lowest BCUT2D eigenvalue weighted by Crippen LogP contribution is -2.26. The van der Waals surface area contributed by atoms with Crippen molar-refractivity contribution < 1.29 is 4.79 Å². The molecule has 0 aliphatic carbocycles. The van der Waals surface area contributed by atoms with E-state index in [4.69, 9.17) is 0 Å². The molecule has 70 valence electrons. The van der Waals surface area contributed by atoms with Gasteiger partial charge in [-0.05, 0) is 6.42 Å². The summed E-state index contributed by atoms with van der Waals surface area (Å²) in [5.41, 5.74) is 0. The molecule has 0 N–H and O–H groups in total. The highest BCUT2D eigenvalue weighted by Gasteiger charge is 2.25. The zero-order valence-electron chi connectivity index (χ0n) is 7.62. The molecule has 0 aromatic rings. The second kappa shape index (κ2) is 4.75. The van der Waals surface area contributed by atoms with Crippen molar-refractivity contribution in [2.45, 2.75) is 37.9 Å². The van der Waals surface area contributed by atoms with Gasteiger partial charge < -0.3 is 4.90 Å². The van der Waals surface area contributed by atoms with Gasteiger partial charge in [0.15, 0.2) is 0 Å². The lowest BCUT2D eigenvalue weighted by molar-refractivity contribution is -0.127. The second-order valence-corrected chi connectivity index (χ2v) is 4.14. The first-order valence-electron chi connectivity index (χ1n) is 4.70. The monoisotopic (exact) mass is 187 g/mol. The molecule has 1 atom stereocenters. The maximum Gasteiger partial charge on any atom is 0.223 e. The molecule has 0 saturated carbocycles. The Balaban J connectivity index is 2.19. The molecule has 1 unspecified atom stereocenters. The minimum absolute atomic E-state index is 0.277. The predicted molar refractivity (Wildman–Crippen MR) is 53.5 cm³/mol. The highest BCUT2D eigenvalue weighted by atomic mass is 32.1. The van der Waals surface area contributed by atoms with Crippen LogP contribution in [0.25, 0.3) is 0 Å². The number of nitrogens with zero attached hydrogens (tertiary/aromatic N) is 1. The molecule has 1 aliphatic rings. The first-order chi connectivity index (χ1) is 5.74. The van der Waals surface area contributed by atoms with Gasteiger partial charge in [-0.25, -0.2) is 0 Å². The van der Waals surface area contributed by atoms with E-state index in [1.54, 1.807) is 0 Å². The minimum Gasteiger partial charge on any atom is -0.342 e. The van der Waals surface area contributed by atoms with E-state index >= 15 is 0 Å². The number of unbranched alkanes of at least 4 members (excludes halogenated alkanes) is 2. The lowest BCUT2D eigenvalue weighted by Gasteiger charge is -2.14. The third-order valence-corrected chi connectivity index (χ3v) is 2.57. The smallest absolute Gasteiger partial charge is 0.223 e. The van der Waals surface area contributed by atoms with E-state index in [-0.39, 0.29) is 11.2 Å². The van der Waals surface area contributed by atoms with Gasteiger partial charge >= 0.3 is 0 Å². The fourth-order valence-corrected chi connectivity index (χ4v) is 1.87. The maximum absolute atomic E-state index is 11.3. The Hall–Kier alpha value is -0.180. The quantitative estimate of drug-likeness (QED) is 0.525. The van der Waals surface area contributed by atoms with E-state index in [0.29, 0.717) is 6.42 Å². The van der Waals surface area contributed by atoms with Crippen LogP contribution in [-0.2, 0) is 4.79 Å². The lowest BCUT2D eigenvalue weighted by atomic mass is 10.2. The van der Waals surface area contributed by atoms with Crippen LogP contribution in [-0.4, -0.2) is 29.1 Å². The fourth-order valence-electron chi connectivity index (χ4n) is 1.52. The molecule has 0 radical (unpaired) electrons. The first-order valence-corrected chi connectivity index (χ1v) is 5.21. The normalized spacial score (nSPS) is 23.7.